The van der Waals surface area contributed by atoms with E-state index in [1.807, 2.05) is 47.1 Å². The van der Waals surface area contributed by atoms with Crippen molar-refractivity contribution in [3.63, 3.8) is 0 Å². The van der Waals surface area contributed by atoms with Crippen molar-refractivity contribution in [1.29, 1.82) is 0 Å². The van der Waals surface area contributed by atoms with Gasteiger partial charge in [-0.2, -0.15) is 5.10 Å². The summed E-state index contributed by atoms with van der Waals surface area (Å²) in [6, 6.07) is 18.2. The van der Waals surface area contributed by atoms with Crippen LogP contribution in [0.15, 0.2) is 54.6 Å². The lowest BCUT2D eigenvalue weighted by Crippen LogP contribution is -2.20. The maximum absolute atomic E-state index is 12.2. The Labute approximate surface area is 128 Å². The summed E-state index contributed by atoms with van der Waals surface area (Å²) in [5, 5.41) is 7.26. The van der Waals surface area contributed by atoms with Crippen molar-refractivity contribution < 1.29 is 4.79 Å². The van der Waals surface area contributed by atoms with E-state index in [9.17, 15) is 4.79 Å². The third-order valence-electron chi connectivity index (χ3n) is 4.07. The van der Waals surface area contributed by atoms with Crippen LogP contribution in [0.4, 0.5) is 0 Å². The fraction of sp³-hybridized carbons (Fsp3) is 0.111. The molecule has 0 unspecified atom stereocenters. The van der Waals surface area contributed by atoms with Crippen LogP contribution in [0.5, 0.6) is 0 Å². The molecule has 0 spiro atoms. The van der Waals surface area contributed by atoms with E-state index in [4.69, 9.17) is 0 Å². The zero-order valence-corrected chi connectivity index (χ0v) is 12.2. The first-order valence-electron chi connectivity index (χ1n) is 7.27. The van der Waals surface area contributed by atoms with E-state index >= 15 is 0 Å². The standard InChI is InChI=1S/C18H15N3O/c1-19-18(22)16-15-11-12-7-5-6-10-14(12)17(15)21(20-16)13-8-3-2-4-9-13/h2-10H,11H2,1H3,(H,19,22). The minimum atomic E-state index is -0.140. The highest BCUT2D eigenvalue weighted by atomic mass is 16.1. The highest BCUT2D eigenvalue weighted by molar-refractivity contribution is 5.97. The zero-order chi connectivity index (χ0) is 15.1. The van der Waals surface area contributed by atoms with Crippen LogP contribution in [0.2, 0.25) is 0 Å². The third-order valence-corrected chi connectivity index (χ3v) is 4.07. The largest absolute Gasteiger partial charge is 0.354 e. The van der Waals surface area contributed by atoms with Gasteiger partial charge < -0.3 is 5.32 Å². The third kappa shape index (κ3) is 1.77. The van der Waals surface area contributed by atoms with E-state index in [-0.39, 0.29) is 5.91 Å². The van der Waals surface area contributed by atoms with Crippen LogP contribution in [-0.2, 0) is 6.42 Å². The summed E-state index contributed by atoms with van der Waals surface area (Å²) in [6.07, 6.45) is 0.751. The second-order valence-electron chi connectivity index (χ2n) is 5.34. The Balaban J connectivity index is 2.00. The van der Waals surface area contributed by atoms with Crippen LogP contribution >= 0.6 is 0 Å². The number of fused-ring (bicyclic) bond motifs is 3. The molecule has 4 nitrogen and oxygen atoms in total. The predicted molar refractivity (Wildman–Crippen MR) is 85.2 cm³/mol. The summed E-state index contributed by atoms with van der Waals surface area (Å²) in [6.45, 7) is 0. The number of aromatic nitrogens is 2. The van der Waals surface area contributed by atoms with Crippen molar-refractivity contribution >= 4 is 5.91 Å². The molecular formula is C18H15N3O. The van der Waals surface area contributed by atoms with Gasteiger partial charge in [0, 0.05) is 24.6 Å². The first kappa shape index (κ1) is 12.8. The molecular weight excluding hydrogens is 274 g/mol. The Morgan fingerprint density at radius 1 is 1.09 bits per heavy atom. The highest BCUT2D eigenvalue weighted by Gasteiger charge is 2.30. The Morgan fingerprint density at radius 3 is 2.59 bits per heavy atom. The van der Waals surface area contributed by atoms with Gasteiger partial charge in [0.15, 0.2) is 5.69 Å². The first-order chi connectivity index (χ1) is 10.8. The van der Waals surface area contributed by atoms with E-state index in [0.29, 0.717) is 5.69 Å². The van der Waals surface area contributed by atoms with Crippen LogP contribution in [-0.4, -0.2) is 22.7 Å². The van der Waals surface area contributed by atoms with Crippen molar-refractivity contribution in [3.8, 4) is 16.9 Å². The molecule has 4 heteroatoms. The molecule has 2 aromatic carbocycles. The number of amides is 1. The summed E-state index contributed by atoms with van der Waals surface area (Å²) in [5.41, 5.74) is 5.90. The SMILES string of the molecule is CNC(=O)c1nn(-c2ccccc2)c2c1Cc1ccccc1-2. The quantitative estimate of drug-likeness (QED) is 0.617. The smallest absolute Gasteiger partial charge is 0.271 e. The number of rotatable bonds is 2. The average molecular weight is 289 g/mol. The molecule has 22 heavy (non-hydrogen) atoms. The molecule has 108 valence electrons. The number of nitrogens with one attached hydrogen (secondary N) is 1. The number of hydrogen-bond donors (Lipinski definition) is 1. The molecule has 1 aliphatic carbocycles. The molecule has 1 amide bonds. The second kappa shape index (κ2) is 4.84. The molecule has 4 rings (SSSR count). The van der Waals surface area contributed by atoms with Crippen LogP contribution in [0.3, 0.4) is 0 Å². The van der Waals surface area contributed by atoms with E-state index in [0.717, 1.165) is 28.9 Å². The summed E-state index contributed by atoms with van der Waals surface area (Å²) >= 11 is 0. The maximum Gasteiger partial charge on any atom is 0.271 e. The van der Waals surface area contributed by atoms with Crippen molar-refractivity contribution in [3.05, 3.63) is 71.4 Å². The van der Waals surface area contributed by atoms with Crippen LogP contribution in [0.1, 0.15) is 21.6 Å². The summed E-state index contributed by atoms with van der Waals surface area (Å²) in [4.78, 5) is 12.2. The summed E-state index contributed by atoms with van der Waals surface area (Å²) < 4.78 is 1.88. The number of para-hydroxylation sites is 1. The highest BCUT2D eigenvalue weighted by Crippen LogP contribution is 2.39. The van der Waals surface area contributed by atoms with Crippen LogP contribution in [0, 0.1) is 0 Å². The van der Waals surface area contributed by atoms with E-state index in [1.165, 1.54) is 5.56 Å². The molecule has 0 aliphatic heterocycles. The number of nitrogens with zero attached hydrogens (tertiary/aromatic N) is 2. The second-order valence-corrected chi connectivity index (χ2v) is 5.34. The van der Waals surface area contributed by atoms with Gasteiger partial charge in [0.05, 0.1) is 11.4 Å². The lowest BCUT2D eigenvalue weighted by atomic mass is 10.1. The lowest BCUT2D eigenvalue weighted by molar-refractivity contribution is 0.0957. The molecule has 0 fully saturated rings. The fourth-order valence-electron chi connectivity index (χ4n) is 3.05. The summed E-state index contributed by atoms with van der Waals surface area (Å²) in [7, 11) is 1.64. The van der Waals surface area contributed by atoms with Crippen molar-refractivity contribution in [2.24, 2.45) is 0 Å². The average Bonchev–Trinajstić information content (AvgIpc) is 3.12. The van der Waals surface area contributed by atoms with E-state index in [2.05, 4.69) is 22.5 Å². The van der Waals surface area contributed by atoms with E-state index in [1.54, 1.807) is 7.05 Å². The molecule has 1 aromatic heterocycles. The van der Waals surface area contributed by atoms with Gasteiger partial charge in [0.25, 0.3) is 5.91 Å². The lowest BCUT2D eigenvalue weighted by Gasteiger charge is -2.07. The molecule has 1 aliphatic rings. The van der Waals surface area contributed by atoms with Crippen molar-refractivity contribution in [2.45, 2.75) is 6.42 Å². The fourth-order valence-corrected chi connectivity index (χ4v) is 3.05. The van der Waals surface area contributed by atoms with Gasteiger partial charge in [0.2, 0.25) is 0 Å². The Morgan fingerprint density at radius 2 is 1.82 bits per heavy atom. The number of carbonyl (C=O) groups is 1. The first-order valence-corrected chi connectivity index (χ1v) is 7.27. The number of carbonyl (C=O) groups excluding carboxylic acids is 1. The molecule has 0 radical (unpaired) electrons. The maximum atomic E-state index is 12.2. The normalized spacial score (nSPS) is 11.9. The number of hydrogen-bond acceptors (Lipinski definition) is 2. The van der Waals surface area contributed by atoms with Crippen molar-refractivity contribution in [1.82, 2.24) is 15.1 Å². The topological polar surface area (TPSA) is 46.9 Å². The van der Waals surface area contributed by atoms with Crippen molar-refractivity contribution in [2.75, 3.05) is 7.05 Å². The minimum absolute atomic E-state index is 0.140. The van der Waals surface area contributed by atoms with E-state index < -0.39 is 0 Å². The Bertz CT molecular complexity index is 865. The summed E-state index contributed by atoms with van der Waals surface area (Å²) in [5.74, 6) is -0.140. The number of benzene rings is 2. The van der Waals surface area contributed by atoms with Gasteiger partial charge in [-0.05, 0) is 17.7 Å². The van der Waals surface area contributed by atoms with Gasteiger partial charge >= 0.3 is 0 Å². The molecule has 0 bridgehead atoms. The molecule has 1 heterocycles. The molecule has 0 saturated heterocycles. The van der Waals surface area contributed by atoms with Gasteiger partial charge in [0.1, 0.15) is 0 Å². The van der Waals surface area contributed by atoms with Gasteiger partial charge in [-0.15, -0.1) is 0 Å². The molecule has 0 atom stereocenters. The van der Waals surface area contributed by atoms with Crippen LogP contribution < -0.4 is 5.32 Å². The minimum Gasteiger partial charge on any atom is -0.354 e. The molecule has 0 saturated carbocycles. The monoisotopic (exact) mass is 289 g/mol. The van der Waals surface area contributed by atoms with Crippen LogP contribution in [0.25, 0.3) is 16.9 Å². The molecule has 1 N–H and O–H groups in total. The Hall–Kier alpha value is -2.88. The van der Waals surface area contributed by atoms with Gasteiger partial charge in [-0.3, -0.25) is 4.79 Å². The Kier molecular flexibility index (Phi) is 2.82. The zero-order valence-electron chi connectivity index (χ0n) is 12.2. The molecule has 3 aromatic rings. The predicted octanol–water partition coefficient (Wildman–Crippen LogP) is 2.80. The van der Waals surface area contributed by atoms with Gasteiger partial charge in [-0.1, -0.05) is 42.5 Å². The van der Waals surface area contributed by atoms with Gasteiger partial charge in [-0.25, -0.2) is 4.68 Å².